The number of rotatable bonds is 8. The lowest BCUT2D eigenvalue weighted by Crippen LogP contribution is -2.71. The van der Waals surface area contributed by atoms with E-state index >= 15 is 0 Å². The second-order valence-electron chi connectivity index (χ2n) is 7.65. The highest BCUT2D eigenvalue weighted by Crippen LogP contribution is 2.41. The highest BCUT2D eigenvalue weighted by atomic mass is 32.2. The summed E-state index contributed by atoms with van der Waals surface area (Å²) in [7, 11) is 0. The fourth-order valence-corrected chi connectivity index (χ4v) is 5.59. The Morgan fingerprint density at radius 1 is 1.26 bits per heavy atom. The van der Waals surface area contributed by atoms with Crippen molar-refractivity contribution < 1.29 is 34.5 Å². The van der Waals surface area contributed by atoms with Gasteiger partial charge >= 0.3 is 5.97 Å². The second kappa shape index (κ2) is 10.3. The Bertz CT molecular complexity index is 1480. The average Bonchev–Trinajstić information content (AvgIpc) is 3.30. The van der Waals surface area contributed by atoms with Gasteiger partial charge in [0.1, 0.15) is 22.8 Å². The minimum absolute atomic E-state index is 0.00805. The third-order valence-corrected chi connectivity index (χ3v) is 7.43. The minimum atomic E-state index is -1.44. The molecule has 1 fully saturated rings. The van der Waals surface area contributed by atoms with Gasteiger partial charge in [-0.1, -0.05) is 11.2 Å². The van der Waals surface area contributed by atoms with Crippen LogP contribution in [-0.2, 0) is 14.4 Å². The molecule has 38 heavy (non-hydrogen) atoms. The number of hydrogen-bond acceptors (Lipinski definition) is 13. The Morgan fingerprint density at radius 3 is 2.58 bits per heavy atom. The molecule has 0 bridgehead atoms. The molecule has 1 saturated heterocycles. The zero-order chi connectivity index (χ0) is 27.7. The van der Waals surface area contributed by atoms with Crippen molar-refractivity contribution >= 4 is 69.2 Å². The number of nitrogen functional groups attached to an aromatic ring is 1. The summed E-state index contributed by atoms with van der Waals surface area (Å²) in [5.41, 5.74) is 3.76. The number of nitrogens with zero attached hydrogens (tertiary/aromatic N) is 5. The monoisotopic (exact) mass is 561 g/mol. The van der Waals surface area contributed by atoms with Crippen molar-refractivity contribution in [3.8, 4) is 0 Å². The number of allylic oxidation sites excluding steroid dienone is 1. The number of benzene rings is 1. The van der Waals surface area contributed by atoms with Gasteiger partial charge in [-0.3, -0.25) is 34.7 Å². The van der Waals surface area contributed by atoms with Crippen LogP contribution in [0.5, 0.6) is 0 Å². The first-order valence-electron chi connectivity index (χ1n) is 10.3. The number of carbonyl (C=O) groups is 3. The summed E-state index contributed by atoms with van der Waals surface area (Å²) in [5, 5.41) is 47.4. The summed E-state index contributed by atoms with van der Waals surface area (Å²) in [6, 6.07) is 1.88. The van der Waals surface area contributed by atoms with Crippen molar-refractivity contribution in [3.63, 3.8) is 0 Å². The molecule has 1 aromatic heterocycles. The molecule has 2 aliphatic rings. The molecule has 0 saturated carbocycles. The van der Waals surface area contributed by atoms with Crippen LogP contribution >= 0.6 is 23.1 Å². The molecule has 0 radical (unpaired) electrons. The molecular formula is C20H15N7O9S2. The molecule has 0 unspecified atom stereocenters. The number of aliphatic carboxylic acids is 1. The number of β-lactam (4-membered cyclic amide) rings is 1. The second-order valence-corrected chi connectivity index (χ2v) is 9.64. The fourth-order valence-electron chi connectivity index (χ4n) is 3.73. The topological polar surface area (TPSA) is 244 Å². The number of fused-ring (bicyclic) bond motifs is 1. The van der Waals surface area contributed by atoms with E-state index in [4.69, 9.17) is 5.73 Å². The maximum Gasteiger partial charge on any atom is 0.352 e. The van der Waals surface area contributed by atoms with Crippen molar-refractivity contribution in [2.24, 2.45) is 5.16 Å². The summed E-state index contributed by atoms with van der Waals surface area (Å²) in [4.78, 5) is 63.0. The Morgan fingerprint density at radius 2 is 2.00 bits per heavy atom. The number of hydrogen-bond donors (Lipinski definition) is 4. The number of amides is 2. The smallest absolute Gasteiger partial charge is 0.352 e. The van der Waals surface area contributed by atoms with Gasteiger partial charge < -0.3 is 21.4 Å². The van der Waals surface area contributed by atoms with Crippen LogP contribution in [0, 0.1) is 20.2 Å². The third kappa shape index (κ3) is 4.76. The first kappa shape index (κ1) is 26.2. The summed E-state index contributed by atoms with van der Waals surface area (Å²) in [5.74, 6) is -3.05. The van der Waals surface area contributed by atoms with Crippen molar-refractivity contribution in [3.05, 3.63) is 72.4 Å². The van der Waals surface area contributed by atoms with Crippen molar-refractivity contribution in [2.75, 3.05) is 11.5 Å². The molecule has 0 spiro atoms. The van der Waals surface area contributed by atoms with Gasteiger partial charge in [-0.25, -0.2) is 9.78 Å². The molecule has 2 aliphatic heterocycles. The number of thioether (sulfide) groups is 1. The largest absolute Gasteiger partial charge is 0.477 e. The van der Waals surface area contributed by atoms with E-state index < -0.39 is 56.1 Å². The Hall–Kier alpha value is -4.84. The lowest BCUT2D eigenvalue weighted by Gasteiger charge is -2.49. The minimum Gasteiger partial charge on any atom is -0.477 e. The Balaban J connectivity index is 1.57. The number of oxime groups is 1. The number of nitrogens with two attached hydrogens (primary N) is 1. The number of nitrogens with one attached hydrogen (secondary N) is 1. The van der Waals surface area contributed by atoms with Crippen LogP contribution in [-0.4, -0.2) is 70.7 Å². The molecule has 4 rings (SSSR count). The third-order valence-electron chi connectivity index (χ3n) is 5.45. The molecule has 3 heterocycles. The van der Waals surface area contributed by atoms with Crippen LogP contribution in [0.3, 0.4) is 0 Å². The number of carboxylic acids is 1. The van der Waals surface area contributed by atoms with Gasteiger partial charge in [-0.05, 0) is 17.7 Å². The molecule has 16 nitrogen and oxygen atoms in total. The van der Waals surface area contributed by atoms with E-state index in [1.54, 1.807) is 0 Å². The van der Waals surface area contributed by atoms with Gasteiger partial charge in [0, 0.05) is 17.2 Å². The number of non-ortho nitro benzene ring substituents is 1. The van der Waals surface area contributed by atoms with E-state index in [2.05, 4.69) is 15.5 Å². The summed E-state index contributed by atoms with van der Waals surface area (Å²) < 4.78 is 0. The zero-order valence-electron chi connectivity index (χ0n) is 18.7. The van der Waals surface area contributed by atoms with E-state index in [1.165, 1.54) is 17.5 Å². The summed E-state index contributed by atoms with van der Waals surface area (Å²) in [6.45, 7) is 0. The number of anilines is 1. The Labute approximate surface area is 219 Å². The van der Waals surface area contributed by atoms with Gasteiger partial charge in [0.25, 0.3) is 23.2 Å². The predicted octanol–water partition coefficient (Wildman–Crippen LogP) is 1.17. The van der Waals surface area contributed by atoms with E-state index in [1.807, 2.05) is 0 Å². The molecular weight excluding hydrogens is 546 g/mol. The molecule has 18 heteroatoms. The van der Waals surface area contributed by atoms with E-state index in [0.717, 1.165) is 46.2 Å². The highest BCUT2D eigenvalue weighted by molar-refractivity contribution is 8.00. The first-order valence-corrected chi connectivity index (χ1v) is 12.2. The maximum absolute atomic E-state index is 12.8. The van der Waals surface area contributed by atoms with Crippen LogP contribution in [0.15, 0.2) is 46.1 Å². The molecule has 2 atom stereocenters. The van der Waals surface area contributed by atoms with Gasteiger partial charge in [0.2, 0.25) is 0 Å². The summed E-state index contributed by atoms with van der Waals surface area (Å²) in [6.07, 6.45) is 2.51. The van der Waals surface area contributed by atoms with E-state index in [0.29, 0.717) is 0 Å². The van der Waals surface area contributed by atoms with Crippen molar-refractivity contribution in [2.45, 2.75) is 11.4 Å². The van der Waals surface area contributed by atoms with Gasteiger partial charge in [0.15, 0.2) is 10.8 Å². The number of nitro groups is 2. The van der Waals surface area contributed by atoms with E-state index in [-0.39, 0.29) is 33.4 Å². The normalized spacial score (nSPS) is 19.2. The van der Waals surface area contributed by atoms with Crippen LogP contribution < -0.4 is 11.1 Å². The summed E-state index contributed by atoms with van der Waals surface area (Å²) >= 11 is 2.13. The molecule has 2 amide bonds. The van der Waals surface area contributed by atoms with Crippen LogP contribution in [0.4, 0.5) is 16.5 Å². The number of nitro benzene ring substituents is 2. The van der Waals surface area contributed by atoms with Crippen LogP contribution in [0.25, 0.3) is 6.08 Å². The van der Waals surface area contributed by atoms with Crippen LogP contribution in [0.1, 0.15) is 11.3 Å². The van der Waals surface area contributed by atoms with E-state index in [9.17, 15) is 44.9 Å². The van der Waals surface area contributed by atoms with Crippen LogP contribution in [0.2, 0.25) is 0 Å². The first-order chi connectivity index (χ1) is 18.0. The highest BCUT2D eigenvalue weighted by Gasteiger charge is 2.54. The number of carboxylic acid groups (broad SMARTS) is 1. The molecule has 0 aliphatic carbocycles. The SMILES string of the molecule is Nc1nc(/C(=N/O)C(=O)N[C@@H]2C(=O)N3C(C(=O)O)=C(/C=C/c4ccc([N+](=O)[O-])cc4[N+](=O)[O-])CS[C@@H]23)cs1. The number of aromatic nitrogens is 1. The van der Waals surface area contributed by atoms with Gasteiger partial charge in [-0.15, -0.1) is 23.1 Å². The molecule has 2 aromatic rings. The number of carbonyl (C=O) groups excluding carboxylic acids is 2. The average molecular weight is 562 g/mol. The van der Waals surface area contributed by atoms with Gasteiger partial charge in [0.05, 0.1) is 21.5 Å². The predicted molar refractivity (Wildman–Crippen MR) is 133 cm³/mol. The fraction of sp³-hybridized carbons (Fsp3) is 0.150. The lowest BCUT2D eigenvalue weighted by atomic mass is 10.0. The molecule has 1 aromatic carbocycles. The standard InChI is InChI=1S/C20H15N7O9S2/c21-20-22-11(7-38-20)13(24-32)16(28)23-14-17(29)25-15(19(30)31)9(6-37-18(14)25)2-1-8-3-4-10(26(33)34)5-12(8)27(35)36/h1-5,7,14,18,32H,6H2,(H2,21,22)(H,23,28)(H,30,31)/b2-1+,24-13-/t14-,18+/m1/s1. The molecule has 5 N–H and O–H groups in total. The van der Waals surface area contributed by atoms with Gasteiger partial charge in [-0.2, -0.15) is 0 Å². The van der Waals surface area contributed by atoms with Crippen molar-refractivity contribution in [1.29, 1.82) is 0 Å². The number of thiazole rings is 1. The Kier molecular flexibility index (Phi) is 7.08. The maximum atomic E-state index is 12.8. The molecule has 196 valence electrons. The lowest BCUT2D eigenvalue weighted by molar-refractivity contribution is -0.394. The van der Waals surface area contributed by atoms with Crippen molar-refractivity contribution in [1.82, 2.24) is 15.2 Å². The zero-order valence-corrected chi connectivity index (χ0v) is 20.3. The quantitative estimate of drug-likeness (QED) is 0.117.